The van der Waals surface area contributed by atoms with Gasteiger partial charge in [0.05, 0.1) is 18.1 Å². The van der Waals surface area contributed by atoms with Gasteiger partial charge in [-0.15, -0.1) is 0 Å². The number of benzene rings is 1. The Morgan fingerprint density at radius 3 is 2.35 bits per heavy atom. The van der Waals surface area contributed by atoms with Gasteiger partial charge in [-0.1, -0.05) is 12.1 Å². The summed E-state index contributed by atoms with van der Waals surface area (Å²) in [6, 6.07) is 8.75. The Kier molecular flexibility index (Phi) is 7.36. The Hall–Kier alpha value is -3.69. The molecule has 2 heterocycles. The Labute approximate surface area is 178 Å². The minimum Gasteiger partial charge on any atom is -0.395 e. The molecule has 0 aliphatic carbocycles. The molecule has 12 heteroatoms. The van der Waals surface area contributed by atoms with E-state index in [1.807, 2.05) is 9.80 Å². The van der Waals surface area contributed by atoms with E-state index in [1.165, 1.54) is 6.07 Å². The lowest BCUT2D eigenvalue weighted by molar-refractivity contribution is -0.384. The van der Waals surface area contributed by atoms with Crippen LogP contribution in [-0.4, -0.2) is 77.6 Å². The van der Waals surface area contributed by atoms with Crippen LogP contribution in [0.15, 0.2) is 24.3 Å². The quantitative estimate of drug-likeness (QED) is 0.323. The van der Waals surface area contributed by atoms with Crippen LogP contribution in [0.25, 0.3) is 0 Å². The maximum Gasteiger partial charge on any atom is 0.292 e. The first-order chi connectivity index (χ1) is 15.1. The van der Waals surface area contributed by atoms with Crippen LogP contribution in [0.4, 0.5) is 29.0 Å². The molecular weight excluding hydrogens is 404 g/mol. The number of nitrogens with one attached hydrogen (secondary N) is 2. The molecule has 0 radical (unpaired) electrons. The molecule has 0 bridgehead atoms. The van der Waals surface area contributed by atoms with Gasteiger partial charge in [-0.05, 0) is 6.07 Å². The Morgan fingerprint density at radius 2 is 1.71 bits per heavy atom. The number of anilines is 4. The van der Waals surface area contributed by atoms with Crippen molar-refractivity contribution in [1.82, 2.24) is 9.97 Å². The van der Waals surface area contributed by atoms with Gasteiger partial charge in [-0.2, -0.15) is 15.2 Å². The van der Waals surface area contributed by atoms with E-state index in [0.29, 0.717) is 43.5 Å². The van der Waals surface area contributed by atoms with Crippen molar-refractivity contribution in [3.63, 3.8) is 0 Å². The Balaban J connectivity index is 1.85. The first-order valence-electron chi connectivity index (χ1n) is 9.84. The topological polar surface area (TPSA) is 164 Å². The van der Waals surface area contributed by atoms with Gasteiger partial charge in [0.15, 0.2) is 11.6 Å². The first-order valence-corrected chi connectivity index (χ1v) is 9.84. The van der Waals surface area contributed by atoms with Crippen LogP contribution >= 0.6 is 0 Å². The molecule has 2 aromatic rings. The van der Waals surface area contributed by atoms with E-state index >= 15 is 0 Å². The number of nitrogens with zero attached hydrogens (tertiary/aromatic N) is 6. The van der Waals surface area contributed by atoms with Gasteiger partial charge in [-0.3, -0.25) is 10.1 Å². The largest absolute Gasteiger partial charge is 0.395 e. The zero-order chi connectivity index (χ0) is 22.2. The molecule has 0 amide bonds. The summed E-state index contributed by atoms with van der Waals surface area (Å²) < 4.78 is 0. The van der Waals surface area contributed by atoms with Crippen LogP contribution in [-0.2, 0) is 0 Å². The number of nitro benzene ring substituents is 1. The number of para-hydroxylation sites is 2. The number of aliphatic hydroxyl groups is 2. The fraction of sp³-hybridized carbons (Fsp3) is 0.421. The molecule has 31 heavy (non-hydrogen) atoms. The van der Waals surface area contributed by atoms with E-state index in [-0.39, 0.29) is 43.5 Å². The van der Waals surface area contributed by atoms with Crippen molar-refractivity contribution < 1.29 is 15.1 Å². The van der Waals surface area contributed by atoms with Crippen LogP contribution in [0, 0.1) is 21.4 Å². The highest BCUT2D eigenvalue weighted by Crippen LogP contribution is 2.31. The van der Waals surface area contributed by atoms with Crippen molar-refractivity contribution in [2.75, 3.05) is 72.9 Å². The molecule has 0 unspecified atom stereocenters. The molecule has 1 saturated heterocycles. The van der Waals surface area contributed by atoms with E-state index in [1.54, 1.807) is 18.2 Å². The maximum absolute atomic E-state index is 11.3. The average Bonchev–Trinajstić information content (AvgIpc) is 2.81. The third-order valence-corrected chi connectivity index (χ3v) is 4.80. The van der Waals surface area contributed by atoms with Gasteiger partial charge >= 0.3 is 0 Å². The molecule has 1 aliphatic heterocycles. The maximum atomic E-state index is 11.3. The third-order valence-electron chi connectivity index (χ3n) is 4.80. The number of aliphatic hydroxyl groups excluding tert-OH is 2. The van der Waals surface area contributed by atoms with Gasteiger partial charge in [0.1, 0.15) is 17.3 Å². The highest BCUT2D eigenvalue weighted by Gasteiger charge is 2.26. The molecule has 1 aromatic heterocycles. The number of hydrogen-bond donors (Lipinski definition) is 4. The van der Waals surface area contributed by atoms with Crippen molar-refractivity contribution in [1.29, 1.82) is 5.26 Å². The molecule has 12 nitrogen and oxygen atoms in total. The summed E-state index contributed by atoms with van der Waals surface area (Å²) in [5.41, 5.74) is 0.870. The molecule has 4 N–H and O–H groups in total. The molecule has 1 aliphatic rings. The minimum absolute atomic E-state index is 0.0571. The van der Waals surface area contributed by atoms with Gasteiger partial charge in [-0.25, -0.2) is 0 Å². The van der Waals surface area contributed by atoms with E-state index < -0.39 is 4.92 Å². The summed E-state index contributed by atoms with van der Waals surface area (Å²) in [4.78, 5) is 23.6. The minimum atomic E-state index is -0.391. The number of nitriles is 1. The van der Waals surface area contributed by atoms with Gasteiger partial charge in [0, 0.05) is 45.3 Å². The molecule has 3 rings (SSSR count). The zero-order valence-electron chi connectivity index (χ0n) is 16.9. The number of aromatic nitrogens is 2. The van der Waals surface area contributed by atoms with Crippen LogP contribution in [0.3, 0.4) is 0 Å². The molecule has 164 valence electrons. The van der Waals surface area contributed by atoms with Crippen molar-refractivity contribution in [2.45, 2.75) is 0 Å². The van der Waals surface area contributed by atoms with Crippen LogP contribution in [0.1, 0.15) is 5.56 Å². The average molecular weight is 428 g/mol. The Morgan fingerprint density at radius 1 is 1.06 bits per heavy atom. The summed E-state index contributed by atoms with van der Waals surface area (Å²) in [6.07, 6.45) is 0. The molecule has 0 saturated carbocycles. The van der Waals surface area contributed by atoms with E-state index in [9.17, 15) is 15.4 Å². The van der Waals surface area contributed by atoms with E-state index in [4.69, 9.17) is 10.2 Å². The molecule has 1 aromatic carbocycles. The van der Waals surface area contributed by atoms with Crippen molar-refractivity contribution >= 4 is 29.0 Å². The highest BCUT2D eigenvalue weighted by molar-refractivity contribution is 5.69. The molecular formula is C19H24N8O4. The smallest absolute Gasteiger partial charge is 0.292 e. The van der Waals surface area contributed by atoms with Crippen molar-refractivity contribution in [2.24, 2.45) is 0 Å². The zero-order valence-corrected chi connectivity index (χ0v) is 16.9. The summed E-state index contributed by atoms with van der Waals surface area (Å²) in [7, 11) is 0. The molecule has 0 spiro atoms. The third kappa shape index (κ3) is 5.08. The lowest BCUT2D eigenvalue weighted by Crippen LogP contribution is -2.47. The van der Waals surface area contributed by atoms with E-state index in [2.05, 4.69) is 26.7 Å². The van der Waals surface area contributed by atoms with Gasteiger partial charge in [0.2, 0.25) is 5.95 Å². The lowest BCUT2D eigenvalue weighted by atomic mass is 10.2. The number of hydrogen-bond acceptors (Lipinski definition) is 11. The standard InChI is InChI=1S/C19H24N8O4/c20-13-14-17(21-5-11-28)23-19(22-6-12-29)24-18(14)26-9-7-25(8-10-26)15-3-1-2-4-16(15)27(30)31/h1-4,28-29H,5-12H2,(H2,21,22,23,24). The predicted octanol–water partition coefficient (Wildman–Crippen LogP) is 0.391. The Bertz CT molecular complexity index is 956. The van der Waals surface area contributed by atoms with Crippen molar-refractivity contribution in [3.05, 3.63) is 39.9 Å². The highest BCUT2D eigenvalue weighted by atomic mass is 16.6. The summed E-state index contributed by atoms with van der Waals surface area (Å²) >= 11 is 0. The molecule has 1 fully saturated rings. The fourth-order valence-electron chi connectivity index (χ4n) is 3.37. The second-order valence-corrected chi connectivity index (χ2v) is 6.73. The van der Waals surface area contributed by atoms with Crippen LogP contribution in [0.2, 0.25) is 0 Å². The second kappa shape index (κ2) is 10.4. The van der Waals surface area contributed by atoms with Crippen LogP contribution < -0.4 is 20.4 Å². The summed E-state index contributed by atoms with van der Waals surface area (Å²) in [5, 5.41) is 45.1. The normalized spacial score (nSPS) is 13.6. The van der Waals surface area contributed by atoms with E-state index in [0.717, 1.165) is 0 Å². The summed E-state index contributed by atoms with van der Waals surface area (Å²) in [6.45, 7) is 2.25. The lowest BCUT2D eigenvalue weighted by Gasteiger charge is -2.36. The first kappa shape index (κ1) is 22.0. The van der Waals surface area contributed by atoms with Crippen LogP contribution in [0.5, 0.6) is 0 Å². The number of rotatable bonds is 9. The second-order valence-electron chi connectivity index (χ2n) is 6.73. The van der Waals surface area contributed by atoms with Gasteiger partial charge < -0.3 is 30.6 Å². The number of piperazine rings is 1. The molecule has 0 atom stereocenters. The van der Waals surface area contributed by atoms with Crippen molar-refractivity contribution in [3.8, 4) is 6.07 Å². The SMILES string of the molecule is N#Cc1c(NCCO)nc(NCCO)nc1N1CCN(c2ccccc2[N+](=O)[O-])CC1. The fourth-order valence-corrected chi connectivity index (χ4v) is 3.37. The number of nitro groups is 1. The monoisotopic (exact) mass is 428 g/mol. The van der Waals surface area contributed by atoms with Gasteiger partial charge in [0.25, 0.3) is 5.69 Å². The predicted molar refractivity (Wildman–Crippen MR) is 115 cm³/mol. The summed E-state index contributed by atoms with van der Waals surface area (Å²) in [5.74, 6) is 0.980.